The van der Waals surface area contributed by atoms with E-state index in [0.29, 0.717) is 16.8 Å². The molecule has 1 aliphatic carbocycles. The summed E-state index contributed by atoms with van der Waals surface area (Å²) in [7, 11) is 0. The molecule has 0 N–H and O–H groups in total. The van der Waals surface area contributed by atoms with Crippen molar-refractivity contribution in [2.75, 3.05) is 5.75 Å². The Hall–Kier alpha value is -0.740. The standard InChI is InChI=1S/C16H20ClFN2S/c1-3-21-15-6-4-5-14(15)20-13-8-7-11(18)9-12(13)19-16(20)10(2)17/h7-10,14-15H,3-6H2,1-2H3. The van der Waals surface area contributed by atoms with E-state index in [1.54, 1.807) is 0 Å². The zero-order valence-electron chi connectivity index (χ0n) is 12.4. The Morgan fingerprint density at radius 3 is 3.00 bits per heavy atom. The highest BCUT2D eigenvalue weighted by Gasteiger charge is 2.32. The van der Waals surface area contributed by atoms with Crippen LogP contribution in [0, 0.1) is 5.82 Å². The SMILES string of the molecule is CCSC1CCCC1n1c(C(C)Cl)nc2cc(F)ccc21. The summed E-state index contributed by atoms with van der Waals surface area (Å²) in [6, 6.07) is 5.28. The molecular weight excluding hydrogens is 307 g/mol. The molecule has 0 radical (unpaired) electrons. The van der Waals surface area contributed by atoms with Gasteiger partial charge in [0.15, 0.2) is 0 Å². The maximum Gasteiger partial charge on any atom is 0.128 e. The average Bonchev–Trinajstić information content (AvgIpc) is 3.02. The minimum atomic E-state index is -0.244. The van der Waals surface area contributed by atoms with E-state index in [0.717, 1.165) is 23.5 Å². The number of fused-ring (bicyclic) bond motifs is 1. The van der Waals surface area contributed by atoms with Crippen molar-refractivity contribution in [1.29, 1.82) is 0 Å². The topological polar surface area (TPSA) is 17.8 Å². The Labute approximate surface area is 134 Å². The molecule has 0 bridgehead atoms. The maximum absolute atomic E-state index is 13.5. The van der Waals surface area contributed by atoms with E-state index in [2.05, 4.69) is 16.5 Å². The predicted octanol–water partition coefficient (Wildman–Crippen LogP) is 5.32. The van der Waals surface area contributed by atoms with Crippen LogP contribution in [-0.4, -0.2) is 20.6 Å². The summed E-state index contributed by atoms with van der Waals surface area (Å²) in [4.78, 5) is 4.59. The predicted molar refractivity (Wildman–Crippen MR) is 88.8 cm³/mol. The smallest absolute Gasteiger partial charge is 0.128 e. The van der Waals surface area contributed by atoms with Gasteiger partial charge in [-0.1, -0.05) is 13.3 Å². The first kappa shape index (κ1) is 15.2. The summed E-state index contributed by atoms with van der Waals surface area (Å²) in [5, 5.41) is 0.431. The summed E-state index contributed by atoms with van der Waals surface area (Å²) in [6.45, 7) is 4.14. The molecule has 1 heterocycles. The summed E-state index contributed by atoms with van der Waals surface area (Å²) >= 11 is 8.35. The molecule has 1 aromatic heterocycles. The van der Waals surface area contributed by atoms with Crippen molar-refractivity contribution in [1.82, 2.24) is 9.55 Å². The number of hydrogen-bond donors (Lipinski definition) is 0. The van der Waals surface area contributed by atoms with Crippen molar-refractivity contribution in [2.24, 2.45) is 0 Å². The lowest BCUT2D eigenvalue weighted by atomic mass is 10.2. The van der Waals surface area contributed by atoms with Gasteiger partial charge in [-0.25, -0.2) is 9.37 Å². The Morgan fingerprint density at radius 2 is 2.29 bits per heavy atom. The Bertz CT molecular complexity index is 640. The summed E-state index contributed by atoms with van der Waals surface area (Å²) in [5.41, 5.74) is 1.72. The first-order valence-electron chi connectivity index (χ1n) is 7.55. The van der Waals surface area contributed by atoms with Gasteiger partial charge < -0.3 is 4.57 Å². The number of aromatic nitrogens is 2. The molecule has 2 nitrogen and oxygen atoms in total. The van der Waals surface area contributed by atoms with Crippen LogP contribution in [0.1, 0.15) is 50.4 Å². The molecule has 3 atom stereocenters. The van der Waals surface area contributed by atoms with E-state index >= 15 is 0 Å². The summed E-state index contributed by atoms with van der Waals surface area (Å²) in [5.74, 6) is 1.74. The van der Waals surface area contributed by atoms with Crippen LogP contribution >= 0.6 is 23.4 Å². The molecular formula is C16H20ClFN2S. The fraction of sp³-hybridized carbons (Fsp3) is 0.562. The van der Waals surface area contributed by atoms with Gasteiger partial charge in [0.1, 0.15) is 11.6 Å². The van der Waals surface area contributed by atoms with Crippen molar-refractivity contribution < 1.29 is 4.39 Å². The van der Waals surface area contributed by atoms with E-state index in [9.17, 15) is 4.39 Å². The second-order valence-electron chi connectivity index (χ2n) is 5.58. The molecule has 21 heavy (non-hydrogen) atoms. The number of benzene rings is 1. The highest BCUT2D eigenvalue weighted by Crippen LogP contribution is 2.42. The van der Waals surface area contributed by atoms with Gasteiger partial charge in [-0.3, -0.25) is 0 Å². The third kappa shape index (κ3) is 2.80. The summed E-state index contributed by atoms with van der Waals surface area (Å²) < 4.78 is 15.7. The Balaban J connectivity index is 2.13. The molecule has 1 fully saturated rings. The monoisotopic (exact) mass is 326 g/mol. The van der Waals surface area contributed by atoms with Gasteiger partial charge in [-0.15, -0.1) is 11.6 Å². The van der Waals surface area contributed by atoms with Gasteiger partial charge in [0.05, 0.1) is 16.4 Å². The number of imidazole rings is 1. The fourth-order valence-electron chi connectivity index (χ4n) is 3.33. The van der Waals surface area contributed by atoms with E-state index in [1.807, 2.05) is 24.8 Å². The zero-order valence-corrected chi connectivity index (χ0v) is 13.9. The molecule has 0 saturated heterocycles. The zero-order chi connectivity index (χ0) is 15.0. The minimum absolute atomic E-state index is 0.173. The van der Waals surface area contributed by atoms with Crippen LogP contribution in [0.2, 0.25) is 0 Å². The largest absolute Gasteiger partial charge is 0.322 e. The first-order valence-corrected chi connectivity index (χ1v) is 9.03. The van der Waals surface area contributed by atoms with Crippen molar-refractivity contribution >= 4 is 34.4 Å². The molecule has 114 valence electrons. The third-order valence-electron chi connectivity index (χ3n) is 4.16. The normalized spacial score (nSPS) is 23.8. The number of nitrogens with zero attached hydrogens (tertiary/aromatic N) is 2. The lowest BCUT2D eigenvalue weighted by Gasteiger charge is -2.24. The van der Waals surface area contributed by atoms with E-state index < -0.39 is 0 Å². The molecule has 0 aliphatic heterocycles. The van der Waals surface area contributed by atoms with Gasteiger partial charge >= 0.3 is 0 Å². The van der Waals surface area contributed by atoms with Crippen molar-refractivity contribution in [3.05, 3.63) is 29.8 Å². The molecule has 0 amide bonds. The van der Waals surface area contributed by atoms with Crippen molar-refractivity contribution in [3.8, 4) is 0 Å². The van der Waals surface area contributed by atoms with Gasteiger partial charge in [0.2, 0.25) is 0 Å². The van der Waals surface area contributed by atoms with Crippen LogP contribution in [0.25, 0.3) is 11.0 Å². The number of thioether (sulfide) groups is 1. The molecule has 2 aromatic rings. The van der Waals surface area contributed by atoms with E-state index in [4.69, 9.17) is 11.6 Å². The lowest BCUT2D eigenvalue weighted by molar-refractivity contribution is 0.519. The number of hydrogen-bond acceptors (Lipinski definition) is 2. The minimum Gasteiger partial charge on any atom is -0.322 e. The average molecular weight is 327 g/mol. The van der Waals surface area contributed by atoms with Crippen LogP contribution in [0.5, 0.6) is 0 Å². The second-order valence-corrected chi connectivity index (χ2v) is 7.75. The molecule has 1 aliphatic rings. The summed E-state index contributed by atoms with van der Waals surface area (Å²) in [6.07, 6.45) is 3.62. The highest BCUT2D eigenvalue weighted by molar-refractivity contribution is 7.99. The van der Waals surface area contributed by atoms with Crippen LogP contribution < -0.4 is 0 Å². The van der Waals surface area contributed by atoms with Gasteiger partial charge in [-0.05, 0) is 37.7 Å². The number of rotatable bonds is 4. The van der Waals surface area contributed by atoms with Crippen molar-refractivity contribution in [3.63, 3.8) is 0 Å². The molecule has 3 rings (SSSR count). The highest BCUT2D eigenvalue weighted by atomic mass is 35.5. The van der Waals surface area contributed by atoms with Crippen molar-refractivity contribution in [2.45, 2.75) is 49.8 Å². The Kier molecular flexibility index (Phi) is 4.46. The van der Waals surface area contributed by atoms with Gasteiger partial charge in [0, 0.05) is 17.4 Å². The van der Waals surface area contributed by atoms with Gasteiger partial charge in [0.25, 0.3) is 0 Å². The quantitative estimate of drug-likeness (QED) is 0.707. The van der Waals surface area contributed by atoms with Gasteiger partial charge in [-0.2, -0.15) is 11.8 Å². The lowest BCUT2D eigenvalue weighted by Crippen LogP contribution is -2.19. The van der Waals surface area contributed by atoms with Crippen LogP contribution in [-0.2, 0) is 0 Å². The molecule has 1 saturated carbocycles. The fourth-order valence-corrected chi connectivity index (χ4v) is 4.73. The Morgan fingerprint density at radius 1 is 1.48 bits per heavy atom. The molecule has 5 heteroatoms. The van der Waals surface area contributed by atoms with E-state index in [1.165, 1.54) is 25.0 Å². The number of alkyl halides is 1. The van der Waals surface area contributed by atoms with Crippen LogP contribution in [0.4, 0.5) is 4.39 Å². The van der Waals surface area contributed by atoms with Crippen LogP contribution in [0.15, 0.2) is 18.2 Å². The van der Waals surface area contributed by atoms with E-state index in [-0.39, 0.29) is 11.2 Å². The molecule has 3 unspecified atom stereocenters. The third-order valence-corrected chi connectivity index (χ3v) is 5.67. The maximum atomic E-state index is 13.5. The number of halogens is 2. The molecule has 0 spiro atoms. The first-order chi connectivity index (χ1) is 10.1. The second kappa shape index (κ2) is 6.17. The molecule has 1 aromatic carbocycles. The van der Waals surface area contributed by atoms with Crippen LogP contribution in [0.3, 0.4) is 0 Å².